The number of nitrogens with one attached hydrogen (secondary N) is 2. The molecule has 1 amide bonds. The summed E-state index contributed by atoms with van der Waals surface area (Å²) in [4.78, 5) is 29.4. The predicted molar refractivity (Wildman–Crippen MR) is 116 cm³/mol. The van der Waals surface area contributed by atoms with Crippen LogP contribution in [-0.4, -0.2) is 41.2 Å². The Kier molecular flexibility index (Phi) is 5.37. The summed E-state index contributed by atoms with van der Waals surface area (Å²) in [5.41, 5.74) is 6.60. The quantitative estimate of drug-likeness (QED) is 0.406. The molecular formula is C20H15F3N6O4S. The molecule has 2 heterocycles. The number of nitrogens with two attached hydrogens (primary N) is 1. The van der Waals surface area contributed by atoms with E-state index in [1.54, 1.807) is 7.05 Å². The van der Waals surface area contributed by atoms with Gasteiger partial charge in [-0.05, 0) is 30.3 Å². The standard InChI is InChI=1S/C20H15F3N6O4S/c1-29-14-5-2-9(17(31)32)6-13(14)27-19(29,11(8-24)16(25)30)28-18-26-12-4-3-10(7-15(12)34-18)33-20(21,22)23/h2-7,11,27H,1H3,(H2,25,30)(H,26,28)(H,31,32). The topological polar surface area (TPSA) is 154 Å². The van der Waals surface area contributed by atoms with Crippen molar-refractivity contribution in [1.82, 2.24) is 4.98 Å². The normalized spacial score (nSPS) is 18.0. The lowest BCUT2D eigenvalue weighted by atomic mass is 10.0. The van der Waals surface area contributed by atoms with E-state index in [-0.39, 0.29) is 10.7 Å². The highest BCUT2D eigenvalue weighted by atomic mass is 32.1. The van der Waals surface area contributed by atoms with Gasteiger partial charge in [-0.2, -0.15) is 5.26 Å². The molecule has 3 aromatic rings. The number of carboxylic acids is 1. The number of hydrogen-bond acceptors (Lipinski definition) is 9. The fourth-order valence-electron chi connectivity index (χ4n) is 3.68. The zero-order chi connectivity index (χ0) is 24.8. The van der Waals surface area contributed by atoms with E-state index in [2.05, 4.69) is 20.4 Å². The molecule has 14 heteroatoms. The fourth-order valence-corrected chi connectivity index (χ4v) is 4.63. The zero-order valence-corrected chi connectivity index (χ0v) is 18.0. The minimum absolute atomic E-state index is 0.0276. The maximum Gasteiger partial charge on any atom is 0.573 e. The molecule has 2 unspecified atom stereocenters. The summed E-state index contributed by atoms with van der Waals surface area (Å²) in [6, 6.07) is 9.66. The highest BCUT2D eigenvalue weighted by Gasteiger charge is 2.52. The van der Waals surface area contributed by atoms with E-state index in [1.807, 2.05) is 6.07 Å². The Labute approximate surface area is 193 Å². The van der Waals surface area contributed by atoms with Crippen LogP contribution in [0.5, 0.6) is 5.75 Å². The molecule has 0 saturated heterocycles. The molecule has 0 aliphatic carbocycles. The summed E-state index contributed by atoms with van der Waals surface area (Å²) in [7, 11) is 1.56. The summed E-state index contributed by atoms with van der Waals surface area (Å²) in [5.74, 6) is -5.73. The van der Waals surface area contributed by atoms with Gasteiger partial charge >= 0.3 is 12.3 Å². The number of halogens is 3. The van der Waals surface area contributed by atoms with Crippen LogP contribution in [0.25, 0.3) is 10.2 Å². The molecule has 1 aliphatic heterocycles. The molecular weight excluding hydrogens is 477 g/mol. The monoisotopic (exact) mass is 492 g/mol. The Morgan fingerprint density at radius 3 is 2.71 bits per heavy atom. The molecule has 0 saturated carbocycles. The number of aromatic carboxylic acids is 1. The molecule has 34 heavy (non-hydrogen) atoms. The molecule has 0 spiro atoms. The molecule has 0 fully saturated rings. The average molecular weight is 492 g/mol. The molecule has 176 valence electrons. The van der Waals surface area contributed by atoms with Crippen LogP contribution in [0, 0.1) is 17.2 Å². The summed E-state index contributed by atoms with van der Waals surface area (Å²) >= 11 is 0.959. The third-order valence-electron chi connectivity index (χ3n) is 5.18. The van der Waals surface area contributed by atoms with Crippen molar-refractivity contribution < 1.29 is 32.6 Å². The molecule has 0 bridgehead atoms. The van der Waals surface area contributed by atoms with E-state index in [1.165, 1.54) is 29.2 Å². The second-order valence-corrected chi connectivity index (χ2v) is 8.30. The van der Waals surface area contributed by atoms with E-state index >= 15 is 0 Å². The second-order valence-electron chi connectivity index (χ2n) is 7.27. The number of nitriles is 1. The maximum absolute atomic E-state index is 12.6. The first-order chi connectivity index (χ1) is 15.9. The number of anilines is 3. The number of fused-ring (bicyclic) bond motifs is 2. The number of carboxylic acid groups (broad SMARTS) is 1. The average Bonchev–Trinajstić information content (AvgIpc) is 3.24. The first-order valence-corrected chi connectivity index (χ1v) is 10.3. The van der Waals surface area contributed by atoms with Crippen LogP contribution >= 0.6 is 11.3 Å². The molecule has 0 radical (unpaired) electrons. The van der Waals surface area contributed by atoms with Gasteiger partial charge in [-0.3, -0.25) is 4.79 Å². The van der Waals surface area contributed by atoms with Crippen molar-refractivity contribution >= 4 is 49.9 Å². The van der Waals surface area contributed by atoms with Crippen LogP contribution in [0.1, 0.15) is 10.4 Å². The van der Waals surface area contributed by atoms with E-state index in [9.17, 15) is 33.1 Å². The minimum atomic E-state index is -4.86. The number of rotatable bonds is 6. The minimum Gasteiger partial charge on any atom is -0.478 e. The van der Waals surface area contributed by atoms with Gasteiger partial charge in [-0.15, -0.1) is 13.2 Å². The third-order valence-corrected chi connectivity index (χ3v) is 6.12. The number of nitrogens with zero attached hydrogens (tertiary/aromatic N) is 3. The molecule has 1 aliphatic rings. The number of carbonyl (C=O) groups is 2. The van der Waals surface area contributed by atoms with Crippen molar-refractivity contribution in [3.63, 3.8) is 0 Å². The molecule has 2 aromatic carbocycles. The Balaban J connectivity index is 1.76. The van der Waals surface area contributed by atoms with Gasteiger partial charge in [-0.1, -0.05) is 11.3 Å². The van der Waals surface area contributed by atoms with Crippen molar-refractivity contribution in [1.29, 1.82) is 5.26 Å². The Hall–Kier alpha value is -4.25. The van der Waals surface area contributed by atoms with Crippen LogP contribution in [0.15, 0.2) is 36.4 Å². The van der Waals surface area contributed by atoms with E-state index in [4.69, 9.17) is 5.73 Å². The van der Waals surface area contributed by atoms with Gasteiger partial charge in [0.2, 0.25) is 11.7 Å². The van der Waals surface area contributed by atoms with Crippen molar-refractivity contribution in [3.8, 4) is 11.8 Å². The first kappa shape index (κ1) is 22.9. The molecule has 4 rings (SSSR count). The number of carbonyl (C=O) groups excluding carboxylic acids is 1. The highest BCUT2D eigenvalue weighted by Crippen LogP contribution is 2.44. The SMILES string of the molecule is CN1c2ccc(C(=O)O)cc2NC1(Nc1nc2ccc(OC(F)(F)F)cc2s1)C(C#N)C(N)=O. The van der Waals surface area contributed by atoms with E-state index < -0.39 is 35.7 Å². The highest BCUT2D eigenvalue weighted by molar-refractivity contribution is 7.22. The second kappa shape index (κ2) is 7.96. The third kappa shape index (κ3) is 3.97. The van der Waals surface area contributed by atoms with Gasteiger partial charge in [0, 0.05) is 13.1 Å². The molecule has 1 aromatic heterocycles. The van der Waals surface area contributed by atoms with Crippen molar-refractivity contribution in [2.45, 2.75) is 12.1 Å². The summed E-state index contributed by atoms with van der Waals surface area (Å²) in [6.07, 6.45) is -4.86. The van der Waals surface area contributed by atoms with Gasteiger partial charge in [0.25, 0.3) is 0 Å². The number of aromatic nitrogens is 1. The summed E-state index contributed by atoms with van der Waals surface area (Å²) in [5, 5.41) is 25.1. The van der Waals surface area contributed by atoms with E-state index in [0.717, 1.165) is 23.5 Å². The number of alkyl halides is 3. The van der Waals surface area contributed by atoms with Gasteiger partial charge in [0.05, 0.1) is 33.2 Å². The number of amides is 1. The van der Waals surface area contributed by atoms with Crippen LogP contribution in [-0.2, 0) is 4.79 Å². The molecule has 2 atom stereocenters. The lowest BCUT2D eigenvalue weighted by Gasteiger charge is -2.40. The largest absolute Gasteiger partial charge is 0.573 e. The smallest absolute Gasteiger partial charge is 0.478 e. The lowest BCUT2D eigenvalue weighted by molar-refractivity contribution is -0.274. The maximum atomic E-state index is 12.6. The fraction of sp³-hybridized carbons (Fsp3) is 0.200. The van der Waals surface area contributed by atoms with Gasteiger partial charge in [0.1, 0.15) is 5.75 Å². The van der Waals surface area contributed by atoms with Crippen LogP contribution in [0.2, 0.25) is 0 Å². The van der Waals surface area contributed by atoms with Crippen molar-refractivity contribution in [2.75, 3.05) is 22.6 Å². The Bertz CT molecular complexity index is 1350. The van der Waals surface area contributed by atoms with Gasteiger partial charge in [-0.25, -0.2) is 9.78 Å². The number of hydrogen-bond donors (Lipinski definition) is 4. The summed E-state index contributed by atoms with van der Waals surface area (Å²) in [6.45, 7) is 0. The predicted octanol–water partition coefficient (Wildman–Crippen LogP) is 3.15. The van der Waals surface area contributed by atoms with Crippen LogP contribution in [0.3, 0.4) is 0 Å². The van der Waals surface area contributed by atoms with E-state index in [0.29, 0.717) is 21.6 Å². The molecule has 10 nitrogen and oxygen atoms in total. The molecule has 5 N–H and O–H groups in total. The Morgan fingerprint density at radius 1 is 1.35 bits per heavy atom. The number of thiazole rings is 1. The first-order valence-electron chi connectivity index (χ1n) is 9.46. The lowest BCUT2D eigenvalue weighted by Crippen LogP contribution is -2.63. The van der Waals surface area contributed by atoms with Crippen LogP contribution < -0.4 is 26.0 Å². The number of primary amides is 1. The van der Waals surface area contributed by atoms with Crippen molar-refractivity contribution in [3.05, 3.63) is 42.0 Å². The summed E-state index contributed by atoms with van der Waals surface area (Å²) < 4.78 is 41.9. The van der Waals surface area contributed by atoms with Crippen molar-refractivity contribution in [2.24, 2.45) is 11.7 Å². The van der Waals surface area contributed by atoms with Gasteiger partial charge in [0.15, 0.2) is 11.0 Å². The zero-order valence-electron chi connectivity index (χ0n) is 17.2. The number of ether oxygens (including phenoxy) is 1. The van der Waals surface area contributed by atoms with Crippen LogP contribution in [0.4, 0.5) is 29.7 Å². The number of benzene rings is 2. The van der Waals surface area contributed by atoms with Gasteiger partial charge < -0.3 is 31.1 Å². The Morgan fingerprint density at radius 2 is 2.09 bits per heavy atom.